The predicted octanol–water partition coefficient (Wildman–Crippen LogP) is 4.23. The minimum Gasteiger partial charge on any atom is -0.352 e. The number of unbranched alkanes of at least 4 members (excludes halogenated alkanes) is 3. The van der Waals surface area contributed by atoms with Gasteiger partial charge in [0.25, 0.3) is 15.0 Å². The summed E-state index contributed by atoms with van der Waals surface area (Å²) >= 11 is 11.7. The molecular formula is C13H16Cl3NO3S. The first kappa shape index (κ1) is 18.6. The van der Waals surface area contributed by atoms with Crippen molar-refractivity contribution in [2.45, 2.75) is 37.5 Å². The minimum absolute atomic E-state index is 0.0378. The molecule has 118 valence electrons. The van der Waals surface area contributed by atoms with Gasteiger partial charge in [0, 0.05) is 17.2 Å². The average Bonchev–Trinajstić information content (AvgIpc) is 2.36. The topological polar surface area (TPSA) is 63.2 Å². The Balaban J connectivity index is 2.85. The van der Waals surface area contributed by atoms with Gasteiger partial charge in [-0.25, -0.2) is 8.42 Å². The molecule has 8 heteroatoms. The Hall–Kier alpha value is -0.490. The molecule has 0 radical (unpaired) electrons. The maximum Gasteiger partial charge on any atom is 0.262 e. The van der Waals surface area contributed by atoms with Crippen LogP contribution in [0.1, 0.15) is 43.0 Å². The molecule has 0 aliphatic rings. The fourth-order valence-electron chi connectivity index (χ4n) is 1.74. The van der Waals surface area contributed by atoms with Gasteiger partial charge in [-0.3, -0.25) is 4.79 Å². The first-order valence-corrected chi connectivity index (χ1v) is 9.55. The van der Waals surface area contributed by atoms with Gasteiger partial charge in [0.2, 0.25) is 0 Å². The van der Waals surface area contributed by atoms with Crippen LogP contribution in [0, 0.1) is 0 Å². The van der Waals surface area contributed by atoms with Crippen molar-refractivity contribution in [3.05, 3.63) is 27.7 Å². The monoisotopic (exact) mass is 371 g/mol. The molecular weight excluding hydrogens is 357 g/mol. The first-order valence-electron chi connectivity index (χ1n) is 6.49. The summed E-state index contributed by atoms with van der Waals surface area (Å²) in [6, 6.07) is 2.29. The van der Waals surface area contributed by atoms with Crippen LogP contribution in [0.15, 0.2) is 17.0 Å². The summed E-state index contributed by atoms with van der Waals surface area (Å²) < 4.78 is 22.8. The molecule has 1 amide bonds. The number of halogens is 3. The van der Waals surface area contributed by atoms with Crippen molar-refractivity contribution in [1.82, 2.24) is 5.32 Å². The van der Waals surface area contributed by atoms with E-state index in [4.69, 9.17) is 33.9 Å². The molecule has 0 saturated heterocycles. The highest BCUT2D eigenvalue weighted by atomic mass is 35.7. The van der Waals surface area contributed by atoms with E-state index in [2.05, 4.69) is 12.2 Å². The Morgan fingerprint density at radius 1 is 1.14 bits per heavy atom. The molecule has 1 aromatic carbocycles. The normalized spacial score (nSPS) is 11.4. The molecule has 0 spiro atoms. The number of amides is 1. The van der Waals surface area contributed by atoms with Gasteiger partial charge in [-0.05, 0) is 18.6 Å². The second-order valence-electron chi connectivity index (χ2n) is 4.52. The maximum absolute atomic E-state index is 12.0. The van der Waals surface area contributed by atoms with Gasteiger partial charge in [-0.15, -0.1) is 0 Å². The number of carbonyl (C=O) groups excluding carboxylic acids is 1. The highest BCUT2D eigenvalue weighted by molar-refractivity contribution is 8.13. The molecule has 1 N–H and O–H groups in total. The molecule has 0 heterocycles. The summed E-state index contributed by atoms with van der Waals surface area (Å²) in [4.78, 5) is 11.7. The van der Waals surface area contributed by atoms with Crippen LogP contribution in [0.25, 0.3) is 0 Å². The van der Waals surface area contributed by atoms with E-state index in [0.29, 0.717) is 6.54 Å². The lowest BCUT2D eigenvalue weighted by molar-refractivity contribution is 0.0953. The molecule has 0 bridgehead atoms. The van der Waals surface area contributed by atoms with Gasteiger partial charge in [-0.1, -0.05) is 49.4 Å². The van der Waals surface area contributed by atoms with Crippen LogP contribution >= 0.6 is 33.9 Å². The molecule has 21 heavy (non-hydrogen) atoms. The SMILES string of the molecule is CCCCCCNC(=O)c1cc(S(=O)(=O)Cl)c(Cl)cc1Cl. The summed E-state index contributed by atoms with van der Waals surface area (Å²) in [6.45, 7) is 2.60. The van der Waals surface area contributed by atoms with E-state index < -0.39 is 15.0 Å². The Labute approximate surface area is 139 Å². The summed E-state index contributed by atoms with van der Waals surface area (Å²) in [5, 5.41) is 2.66. The summed E-state index contributed by atoms with van der Waals surface area (Å²) in [7, 11) is 1.23. The van der Waals surface area contributed by atoms with E-state index in [-0.39, 0.29) is 20.5 Å². The first-order chi connectivity index (χ1) is 9.77. The Morgan fingerprint density at radius 3 is 2.38 bits per heavy atom. The van der Waals surface area contributed by atoms with Gasteiger partial charge in [0.15, 0.2) is 0 Å². The van der Waals surface area contributed by atoms with Crippen LogP contribution < -0.4 is 5.32 Å². The molecule has 0 saturated carbocycles. The molecule has 0 unspecified atom stereocenters. The van der Waals surface area contributed by atoms with Gasteiger partial charge in [0.1, 0.15) is 4.90 Å². The van der Waals surface area contributed by atoms with Crippen molar-refractivity contribution in [1.29, 1.82) is 0 Å². The lowest BCUT2D eigenvalue weighted by atomic mass is 10.2. The molecule has 1 aromatic rings. The van der Waals surface area contributed by atoms with Crippen molar-refractivity contribution in [2.24, 2.45) is 0 Å². The molecule has 0 atom stereocenters. The summed E-state index contributed by atoms with van der Waals surface area (Å²) in [5.41, 5.74) is 0.0378. The van der Waals surface area contributed by atoms with Gasteiger partial charge < -0.3 is 5.32 Å². The number of carbonyl (C=O) groups is 1. The van der Waals surface area contributed by atoms with E-state index in [1.54, 1.807) is 0 Å². The van der Waals surface area contributed by atoms with Crippen LogP contribution in [0.5, 0.6) is 0 Å². The van der Waals surface area contributed by atoms with Crippen LogP contribution in [-0.4, -0.2) is 20.9 Å². The van der Waals surface area contributed by atoms with Crippen LogP contribution in [-0.2, 0) is 9.05 Å². The smallest absolute Gasteiger partial charge is 0.262 e. The van der Waals surface area contributed by atoms with Crippen molar-refractivity contribution in [3.63, 3.8) is 0 Å². The molecule has 0 aliphatic carbocycles. The highest BCUT2D eigenvalue weighted by Gasteiger charge is 2.20. The second-order valence-corrected chi connectivity index (χ2v) is 7.87. The third-order valence-corrected chi connectivity index (χ3v) is 4.94. The maximum atomic E-state index is 12.0. The fraction of sp³-hybridized carbons (Fsp3) is 0.462. The molecule has 1 rings (SSSR count). The number of nitrogens with one attached hydrogen (secondary N) is 1. The lowest BCUT2D eigenvalue weighted by Crippen LogP contribution is -2.25. The predicted molar refractivity (Wildman–Crippen MR) is 86.0 cm³/mol. The molecule has 4 nitrogen and oxygen atoms in total. The van der Waals surface area contributed by atoms with E-state index in [1.165, 1.54) is 6.07 Å². The molecule has 0 aromatic heterocycles. The van der Waals surface area contributed by atoms with Crippen molar-refractivity contribution in [3.8, 4) is 0 Å². The van der Waals surface area contributed by atoms with E-state index in [0.717, 1.165) is 31.7 Å². The van der Waals surface area contributed by atoms with Gasteiger partial charge >= 0.3 is 0 Å². The van der Waals surface area contributed by atoms with Crippen molar-refractivity contribution >= 4 is 48.8 Å². The molecule has 0 fully saturated rings. The highest BCUT2D eigenvalue weighted by Crippen LogP contribution is 2.30. The second kappa shape index (κ2) is 8.22. The number of rotatable bonds is 7. The van der Waals surface area contributed by atoms with E-state index in [9.17, 15) is 13.2 Å². The Bertz CT molecular complexity index is 617. The van der Waals surface area contributed by atoms with Gasteiger partial charge in [-0.2, -0.15) is 0 Å². The van der Waals surface area contributed by atoms with Crippen LogP contribution in [0.4, 0.5) is 0 Å². The Morgan fingerprint density at radius 2 is 1.81 bits per heavy atom. The zero-order chi connectivity index (χ0) is 16.0. The summed E-state index contributed by atoms with van der Waals surface area (Å²) in [6.07, 6.45) is 4.08. The number of hydrogen-bond acceptors (Lipinski definition) is 3. The van der Waals surface area contributed by atoms with Crippen LogP contribution in [0.2, 0.25) is 10.0 Å². The zero-order valence-corrected chi connectivity index (χ0v) is 14.5. The van der Waals surface area contributed by atoms with Crippen molar-refractivity contribution < 1.29 is 13.2 Å². The number of hydrogen-bond donors (Lipinski definition) is 1. The van der Waals surface area contributed by atoms with E-state index >= 15 is 0 Å². The third kappa shape index (κ3) is 5.66. The van der Waals surface area contributed by atoms with Crippen molar-refractivity contribution in [2.75, 3.05) is 6.54 Å². The van der Waals surface area contributed by atoms with Gasteiger partial charge in [0.05, 0.1) is 15.6 Å². The molecule has 0 aliphatic heterocycles. The Kier molecular flexibility index (Phi) is 7.27. The zero-order valence-electron chi connectivity index (χ0n) is 11.5. The average molecular weight is 373 g/mol. The summed E-state index contributed by atoms with van der Waals surface area (Å²) in [5.74, 6) is -0.449. The minimum atomic E-state index is -4.04. The van der Waals surface area contributed by atoms with Crippen LogP contribution in [0.3, 0.4) is 0 Å². The lowest BCUT2D eigenvalue weighted by Gasteiger charge is -2.09. The third-order valence-electron chi connectivity index (χ3n) is 2.84. The quantitative estimate of drug-likeness (QED) is 0.575. The standard InChI is InChI=1S/C13H16Cl3NO3S/c1-2-3-4-5-6-17-13(18)9-7-12(21(16,19)20)11(15)8-10(9)14/h7-8H,2-6H2,1H3,(H,17,18). The largest absolute Gasteiger partial charge is 0.352 e. The fourth-order valence-corrected chi connectivity index (χ4v) is 3.56. The van der Waals surface area contributed by atoms with E-state index in [1.807, 2.05) is 0 Å². The number of benzene rings is 1.